The monoisotopic (exact) mass is 340 g/mol. The van der Waals surface area contributed by atoms with E-state index < -0.39 is 0 Å². The maximum Gasteiger partial charge on any atom is 0.136 e. The predicted molar refractivity (Wildman–Crippen MR) is 91.9 cm³/mol. The molecule has 0 spiro atoms. The summed E-state index contributed by atoms with van der Waals surface area (Å²) < 4.78 is 32.4. The molecule has 0 aliphatic carbocycles. The molecule has 0 amide bonds. The summed E-state index contributed by atoms with van der Waals surface area (Å²) >= 11 is 0. The van der Waals surface area contributed by atoms with Gasteiger partial charge in [0.1, 0.15) is 23.6 Å². The first-order chi connectivity index (χ1) is 12.2. The second kappa shape index (κ2) is 6.76. The summed E-state index contributed by atoms with van der Waals surface area (Å²) in [5, 5.41) is 0. The minimum Gasteiger partial charge on any atom is -0.370 e. The summed E-state index contributed by atoms with van der Waals surface area (Å²) in [5.41, 5.74) is 3.14. The highest BCUT2D eigenvalue weighted by Crippen LogP contribution is 2.34. The van der Waals surface area contributed by atoms with Crippen LogP contribution in [0.4, 0.5) is 8.78 Å². The number of nitrogens with one attached hydrogen (secondary N) is 1. The molecule has 1 aliphatic rings. The lowest BCUT2D eigenvalue weighted by Gasteiger charge is -2.20. The van der Waals surface area contributed by atoms with Crippen LogP contribution >= 0.6 is 0 Å². The lowest BCUT2D eigenvalue weighted by molar-refractivity contribution is 0.0100. The topological polar surface area (TPSA) is 37.9 Å². The smallest absolute Gasteiger partial charge is 0.136 e. The van der Waals surface area contributed by atoms with Gasteiger partial charge in [0.2, 0.25) is 0 Å². The number of halogens is 2. The van der Waals surface area contributed by atoms with Gasteiger partial charge >= 0.3 is 0 Å². The molecule has 1 saturated heterocycles. The Morgan fingerprint density at radius 1 is 0.880 bits per heavy atom. The van der Waals surface area contributed by atoms with Crippen molar-refractivity contribution in [2.45, 2.75) is 25.4 Å². The zero-order valence-corrected chi connectivity index (χ0v) is 13.6. The Hall–Kier alpha value is -2.53. The van der Waals surface area contributed by atoms with Crippen LogP contribution in [0, 0.1) is 11.6 Å². The third-order valence-electron chi connectivity index (χ3n) is 4.46. The molecule has 1 unspecified atom stereocenters. The number of H-pyrrole nitrogens is 1. The van der Waals surface area contributed by atoms with E-state index in [1.54, 1.807) is 24.3 Å². The van der Waals surface area contributed by atoms with Crippen LogP contribution in [0.15, 0.2) is 48.5 Å². The molecule has 1 aliphatic heterocycles. The molecule has 1 aromatic heterocycles. The lowest BCUT2D eigenvalue weighted by Crippen LogP contribution is -2.12. The fourth-order valence-electron chi connectivity index (χ4n) is 3.14. The molecule has 4 rings (SSSR count). The molecule has 2 heterocycles. The molecule has 0 saturated carbocycles. The van der Waals surface area contributed by atoms with E-state index in [9.17, 15) is 8.78 Å². The molecule has 2 aromatic carbocycles. The van der Waals surface area contributed by atoms with Crippen LogP contribution in [0.3, 0.4) is 0 Å². The second-order valence-corrected chi connectivity index (χ2v) is 6.21. The van der Waals surface area contributed by atoms with Gasteiger partial charge in [0.05, 0.1) is 11.4 Å². The van der Waals surface area contributed by atoms with Crippen LogP contribution < -0.4 is 0 Å². The van der Waals surface area contributed by atoms with Crippen LogP contribution in [0.2, 0.25) is 0 Å². The van der Waals surface area contributed by atoms with Crippen molar-refractivity contribution in [2.75, 3.05) is 6.61 Å². The van der Waals surface area contributed by atoms with Crippen molar-refractivity contribution in [3.8, 4) is 22.5 Å². The fourth-order valence-corrected chi connectivity index (χ4v) is 3.14. The molecule has 25 heavy (non-hydrogen) atoms. The standard InChI is InChI=1S/C20H18F2N2O/c21-15-8-4-13(5-9-15)18-19(14-6-10-16(22)11-7-14)24-20(23-18)17-3-1-2-12-25-17/h4-11,17H,1-3,12H2,(H,23,24). The van der Waals surface area contributed by atoms with Crippen molar-refractivity contribution in [1.29, 1.82) is 0 Å². The van der Waals surface area contributed by atoms with Gasteiger partial charge in [0.25, 0.3) is 0 Å². The Bertz CT molecular complexity index is 787. The first-order valence-corrected chi connectivity index (χ1v) is 8.44. The maximum absolute atomic E-state index is 13.3. The van der Waals surface area contributed by atoms with Gasteiger partial charge in [0.15, 0.2) is 0 Å². The molecule has 1 N–H and O–H groups in total. The molecule has 128 valence electrons. The van der Waals surface area contributed by atoms with Crippen LogP contribution in [-0.2, 0) is 4.74 Å². The first kappa shape index (κ1) is 16.0. The van der Waals surface area contributed by atoms with E-state index in [4.69, 9.17) is 9.72 Å². The minimum absolute atomic E-state index is 0.0675. The van der Waals surface area contributed by atoms with Crippen molar-refractivity contribution in [3.05, 3.63) is 66.0 Å². The molecular formula is C20H18F2N2O. The van der Waals surface area contributed by atoms with Gasteiger partial charge < -0.3 is 9.72 Å². The number of ether oxygens (including phenoxy) is 1. The Morgan fingerprint density at radius 2 is 1.52 bits per heavy atom. The average Bonchev–Trinajstić information content (AvgIpc) is 3.09. The van der Waals surface area contributed by atoms with Gasteiger partial charge in [-0.15, -0.1) is 0 Å². The van der Waals surface area contributed by atoms with Crippen LogP contribution in [0.25, 0.3) is 22.5 Å². The van der Waals surface area contributed by atoms with Crippen LogP contribution in [0.1, 0.15) is 31.2 Å². The Balaban J connectivity index is 1.80. The van der Waals surface area contributed by atoms with Gasteiger partial charge in [-0.05, 0) is 67.8 Å². The number of rotatable bonds is 3. The Morgan fingerprint density at radius 3 is 2.12 bits per heavy atom. The van der Waals surface area contributed by atoms with E-state index in [-0.39, 0.29) is 17.7 Å². The van der Waals surface area contributed by atoms with E-state index in [0.29, 0.717) is 0 Å². The first-order valence-electron chi connectivity index (χ1n) is 8.44. The zero-order chi connectivity index (χ0) is 17.2. The lowest BCUT2D eigenvalue weighted by atomic mass is 10.1. The highest BCUT2D eigenvalue weighted by Gasteiger charge is 2.22. The van der Waals surface area contributed by atoms with Crippen molar-refractivity contribution in [3.63, 3.8) is 0 Å². The minimum atomic E-state index is -0.293. The number of nitrogens with zero attached hydrogens (tertiary/aromatic N) is 1. The summed E-state index contributed by atoms with van der Waals surface area (Å²) in [6.07, 6.45) is 3.01. The number of hydrogen-bond donors (Lipinski definition) is 1. The number of hydrogen-bond acceptors (Lipinski definition) is 2. The van der Waals surface area contributed by atoms with E-state index in [0.717, 1.165) is 54.2 Å². The molecule has 1 fully saturated rings. The number of aromatic amines is 1. The largest absolute Gasteiger partial charge is 0.370 e. The normalized spacial score (nSPS) is 17.6. The molecule has 0 radical (unpaired) electrons. The molecule has 3 aromatic rings. The highest BCUT2D eigenvalue weighted by atomic mass is 19.1. The fraction of sp³-hybridized carbons (Fsp3) is 0.250. The summed E-state index contributed by atoms with van der Waals surface area (Å²) in [6.45, 7) is 0.725. The summed E-state index contributed by atoms with van der Waals surface area (Å²) in [7, 11) is 0. The Kier molecular flexibility index (Phi) is 4.32. The second-order valence-electron chi connectivity index (χ2n) is 6.21. The zero-order valence-electron chi connectivity index (χ0n) is 13.6. The number of aromatic nitrogens is 2. The number of imidazole rings is 1. The Labute approximate surface area is 144 Å². The van der Waals surface area contributed by atoms with Gasteiger partial charge in [-0.25, -0.2) is 13.8 Å². The van der Waals surface area contributed by atoms with Gasteiger partial charge in [-0.3, -0.25) is 0 Å². The quantitative estimate of drug-likeness (QED) is 0.706. The maximum atomic E-state index is 13.3. The van der Waals surface area contributed by atoms with E-state index in [1.165, 1.54) is 24.3 Å². The summed E-state index contributed by atoms with van der Waals surface area (Å²) in [6, 6.07) is 12.5. The predicted octanol–water partition coefficient (Wildman–Crippen LogP) is 5.26. The van der Waals surface area contributed by atoms with E-state index >= 15 is 0 Å². The van der Waals surface area contributed by atoms with E-state index in [1.807, 2.05) is 0 Å². The summed E-state index contributed by atoms with van der Waals surface area (Å²) in [4.78, 5) is 8.08. The van der Waals surface area contributed by atoms with Crippen molar-refractivity contribution >= 4 is 0 Å². The molecular weight excluding hydrogens is 322 g/mol. The molecule has 0 bridgehead atoms. The SMILES string of the molecule is Fc1ccc(-c2nc(C3CCCCO3)[nH]c2-c2ccc(F)cc2)cc1. The van der Waals surface area contributed by atoms with Gasteiger partial charge in [0, 0.05) is 17.7 Å². The van der Waals surface area contributed by atoms with Crippen molar-refractivity contribution in [1.82, 2.24) is 9.97 Å². The van der Waals surface area contributed by atoms with Crippen LogP contribution in [-0.4, -0.2) is 16.6 Å². The molecule has 1 atom stereocenters. The number of benzene rings is 2. The third kappa shape index (κ3) is 3.33. The van der Waals surface area contributed by atoms with Gasteiger partial charge in [-0.1, -0.05) is 0 Å². The molecule has 5 heteroatoms. The van der Waals surface area contributed by atoms with Crippen LogP contribution in [0.5, 0.6) is 0 Å². The average molecular weight is 340 g/mol. The van der Waals surface area contributed by atoms with E-state index in [2.05, 4.69) is 4.98 Å². The molecule has 3 nitrogen and oxygen atoms in total. The van der Waals surface area contributed by atoms with Gasteiger partial charge in [-0.2, -0.15) is 0 Å². The third-order valence-corrected chi connectivity index (χ3v) is 4.46. The summed E-state index contributed by atoms with van der Waals surface area (Å²) in [5.74, 6) is 0.180. The highest BCUT2D eigenvalue weighted by molar-refractivity contribution is 5.78. The van der Waals surface area contributed by atoms with Crippen molar-refractivity contribution < 1.29 is 13.5 Å². The van der Waals surface area contributed by atoms with Crippen molar-refractivity contribution in [2.24, 2.45) is 0 Å².